The minimum Gasteiger partial charge on any atom is -0.395 e. The van der Waals surface area contributed by atoms with Gasteiger partial charge in [-0.25, -0.2) is 26.9 Å². The lowest BCUT2D eigenvalue weighted by atomic mass is 10.1. The van der Waals surface area contributed by atoms with Gasteiger partial charge in [0.2, 0.25) is 5.43 Å². The molecule has 0 fully saturated rings. The second kappa shape index (κ2) is 9.98. The summed E-state index contributed by atoms with van der Waals surface area (Å²) in [6.07, 6.45) is 0.610. The van der Waals surface area contributed by atoms with E-state index in [9.17, 15) is 31.5 Å². The predicted octanol–water partition coefficient (Wildman–Crippen LogP) is 3.40. The topological polar surface area (TPSA) is 87.5 Å². The molecule has 0 saturated carbocycles. The number of rotatable bonds is 8. The molecule has 0 spiro atoms. The van der Waals surface area contributed by atoms with Gasteiger partial charge in [-0.15, -0.1) is 0 Å². The fraction of sp³-hybridized carbons (Fsp3) is 0.348. The quantitative estimate of drug-likeness (QED) is 0.465. The highest BCUT2D eigenvalue weighted by atomic mass is 19.3. The third-order valence-corrected chi connectivity index (χ3v) is 5.46. The third-order valence-electron chi connectivity index (χ3n) is 5.46. The Labute approximate surface area is 196 Å². The number of carbonyl (C=O) groups excluding carboxylic acids is 1. The molecule has 0 aliphatic rings. The van der Waals surface area contributed by atoms with Crippen LogP contribution in [0.1, 0.15) is 30.6 Å². The van der Waals surface area contributed by atoms with E-state index in [0.29, 0.717) is 6.92 Å². The van der Waals surface area contributed by atoms with Crippen LogP contribution in [-0.2, 0) is 0 Å². The average molecular weight is 498 g/mol. The van der Waals surface area contributed by atoms with Crippen molar-refractivity contribution in [1.82, 2.24) is 14.9 Å². The Hall–Kier alpha value is -3.54. The molecular formula is C23H23F5N4O3. The van der Waals surface area contributed by atoms with Crippen LogP contribution in [-0.4, -0.2) is 52.7 Å². The molecule has 0 saturated heterocycles. The lowest BCUT2D eigenvalue weighted by Gasteiger charge is -2.24. The number of aromatic nitrogens is 2. The van der Waals surface area contributed by atoms with Crippen molar-refractivity contribution in [2.45, 2.75) is 32.2 Å². The number of halogens is 5. The summed E-state index contributed by atoms with van der Waals surface area (Å²) in [7, 11) is 1.40. The van der Waals surface area contributed by atoms with Crippen LogP contribution < -0.4 is 15.6 Å². The SMILES string of the molecule is CC[C@H](NC(=O)c1cn(-c2c(F)cccc2F)c2nc(N(C)CCO)c(F)cc2c1=O)C(C)(F)F. The van der Waals surface area contributed by atoms with E-state index in [-0.39, 0.29) is 31.0 Å². The van der Waals surface area contributed by atoms with Gasteiger partial charge < -0.3 is 15.3 Å². The van der Waals surface area contributed by atoms with Crippen LogP contribution in [0.15, 0.2) is 35.3 Å². The number of nitrogens with one attached hydrogen (secondary N) is 1. The van der Waals surface area contributed by atoms with Crippen molar-refractivity contribution in [3.05, 3.63) is 63.7 Å². The third kappa shape index (κ3) is 5.11. The first-order valence-corrected chi connectivity index (χ1v) is 10.6. The number of aliphatic hydroxyl groups is 1. The zero-order valence-electron chi connectivity index (χ0n) is 19.1. The number of fused-ring (bicyclic) bond motifs is 1. The lowest BCUT2D eigenvalue weighted by Crippen LogP contribution is -2.46. The highest BCUT2D eigenvalue weighted by molar-refractivity contribution is 5.97. The van der Waals surface area contributed by atoms with Gasteiger partial charge in [-0.05, 0) is 24.6 Å². The number of aliphatic hydroxyl groups excluding tert-OH is 1. The number of hydrogen-bond acceptors (Lipinski definition) is 5. The number of alkyl halides is 2. The number of benzene rings is 1. The van der Waals surface area contributed by atoms with Crippen LogP contribution in [0, 0.1) is 17.5 Å². The van der Waals surface area contributed by atoms with Gasteiger partial charge in [0.1, 0.15) is 22.9 Å². The van der Waals surface area contributed by atoms with Gasteiger partial charge in [0.25, 0.3) is 11.8 Å². The number of amides is 1. The first kappa shape index (κ1) is 26.1. The van der Waals surface area contributed by atoms with Crippen molar-refractivity contribution < 1.29 is 31.9 Å². The molecule has 12 heteroatoms. The Balaban J connectivity index is 2.34. The van der Waals surface area contributed by atoms with Crippen molar-refractivity contribution in [2.75, 3.05) is 25.1 Å². The van der Waals surface area contributed by atoms with E-state index in [4.69, 9.17) is 5.11 Å². The van der Waals surface area contributed by atoms with E-state index >= 15 is 0 Å². The largest absolute Gasteiger partial charge is 0.395 e. The smallest absolute Gasteiger partial charge is 0.265 e. The number of carbonyl (C=O) groups is 1. The highest BCUT2D eigenvalue weighted by Gasteiger charge is 2.35. The van der Waals surface area contributed by atoms with Gasteiger partial charge in [0.15, 0.2) is 17.3 Å². The molecule has 0 aliphatic heterocycles. The molecule has 1 amide bonds. The fourth-order valence-electron chi connectivity index (χ4n) is 3.61. The normalized spacial score (nSPS) is 12.6. The summed E-state index contributed by atoms with van der Waals surface area (Å²) in [5, 5.41) is 10.7. The summed E-state index contributed by atoms with van der Waals surface area (Å²) < 4.78 is 72.6. The summed E-state index contributed by atoms with van der Waals surface area (Å²) in [5.41, 5.74) is -2.90. The van der Waals surface area contributed by atoms with Gasteiger partial charge in [0, 0.05) is 26.7 Å². The van der Waals surface area contributed by atoms with Gasteiger partial charge in [-0.2, -0.15) is 0 Å². The number of pyridine rings is 2. The maximum absolute atomic E-state index is 14.8. The zero-order valence-corrected chi connectivity index (χ0v) is 19.1. The standard InChI is InChI=1S/C23H23F5N4O3/c1-4-17(23(2,27)28)29-22(35)13-11-32(18-14(24)6-5-7-15(18)25)20-12(19(13)34)10-16(26)21(30-20)31(3)8-9-33/h5-7,10-11,17,33H,4,8-9H2,1-3H3,(H,29,35)/t17-/m0/s1. The second-order valence-electron chi connectivity index (χ2n) is 8.01. The van der Waals surface area contributed by atoms with E-state index in [1.54, 1.807) is 0 Å². The van der Waals surface area contributed by atoms with E-state index in [2.05, 4.69) is 10.3 Å². The lowest BCUT2D eigenvalue weighted by molar-refractivity contribution is -0.0179. The van der Waals surface area contributed by atoms with Crippen molar-refractivity contribution in [3.8, 4) is 5.69 Å². The highest BCUT2D eigenvalue weighted by Crippen LogP contribution is 2.26. The second-order valence-corrected chi connectivity index (χ2v) is 8.01. The van der Waals surface area contributed by atoms with Crippen LogP contribution in [0.2, 0.25) is 0 Å². The number of hydrogen-bond donors (Lipinski definition) is 2. The molecule has 1 aromatic carbocycles. The molecule has 35 heavy (non-hydrogen) atoms. The number of likely N-dealkylation sites (N-methyl/N-ethyl adjacent to an activating group) is 1. The van der Waals surface area contributed by atoms with Crippen molar-refractivity contribution in [3.63, 3.8) is 0 Å². The van der Waals surface area contributed by atoms with Crippen molar-refractivity contribution >= 4 is 22.8 Å². The molecule has 1 atom stereocenters. The van der Waals surface area contributed by atoms with Crippen LogP contribution in [0.25, 0.3) is 16.7 Å². The molecule has 3 rings (SSSR count). The van der Waals surface area contributed by atoms with Crippen LogP contribution in [0.4, 0.5) is 27.8 Å². The molecule has 3 aromatic rings. The van der Waals surface area contributed by atoms with Crippen molar-refractivity contribution in [2.24, 2.45) is 0 Å². The molecule has 2 aromatic heterocycles. The summed E-state index contributed by atoms with van der Waals surface area (Å²) >= 11 is 0. The molecule has 2 N–H and O–H groups in total. The Kier molecular flexibility index (Phi) is 7.44. The average Bonchev–Trinajstić information content (AvgIpc) is 2.77. The van der Waals surface area contributed by atoms with E-state index in [1.165, 1.54) is 18.9 Å². The van der Waals surface area contributed by atoms with Gasteiger partial charge >= 0.3 is 0 Å². The van der Waals surface area contributed by atoms with E-state index in [0.717, 1.165) is 35.0 Å². The minimum atomic E-state index is -3.32. The molecule has 0 bridgehead atoms. The Bertz CT molecular complexity index is 1300. The van der Waals surface area contributed by atoms with E-state index < -0.39 is 57.4 Å². The molecule has 2 heterocycles. The Morgan fingerprint density at radius 1 is 1.23 bits per heavy atom. The molecule has 0 aliphatic carbocycles. The van der Waals surface area contributed by atoms with Crippen LogP contribution in [0.5, 0.6) is 0 Å². The monoisotopic (exact) mass is 498 g/mol. The maximum atomic E-state index is 14.8. The minimum absolute atomic E-state index is 0.0438. The number of nitrogens with zero attached hydrogens (tertiary/aromatic N) is 3. The summed E-state index contributed by atoms with van der Waals surface area (Å²) in [4.78, 5) is 31.2. The summed E-state index contributed by atoms with van der Waals surface area (Å²) in [5.74, 6) is -8.04. The maximum Gasteiger partial charge on any atom is 0.265 e. The first-order valence-electron chi connectivity index (χ1n) is 10.6. The van der Waals surface area contributed by atoms with Gasteiger partial charge in [-0.3, -0.25) is 14.2 Å². The summed E-state index contributed by atoms with van der Waals surface area (Å²) in [6, 6.07) is 2.05. The van der Waals surface area contributed by atoms with Crippen LogP contribution >= 0.6 is 0 Å². The Morgan fingerprint density at radius 2 is 1.86 bits per heavy atom. The van der Waals surface area contributed by atoms with Gasteiger partial charge in [-0.1, -0.05) is 13.0 Å². The molecule has 188 valence electrons. The number of anilines is 1. The van der Waals surface area contributed by atoms with Gasteiger partial charge in [0.05, 0.1) is 18.0 Å². The molecular weight excluding hydrogens is 475 g/mol. The zero-order chi connectivity index (χ0) is 26.1. The van der Waals surface area contributed by atoms with Crippen LogP contribution in [0.3, 0.4) is 0 Å². The molecule has 0 unspecified atom stereocenters. The van der Waals surface area contributed by atoms with Crippen molar-refractivity contribution in [1.29, 1.82) is 0 Å². The number of para-hydroxylation sites is 1. The summed E-state index contributed by atoms with van der Waals surface area (Å²) in [6.45, 7) is 1.60. The predicted molar refractivity (Wildman–Crippen MR) is 120 cm³/mol. The fourth-order valence-corrected chi connectivity index (χ4v) is 3.61. The van der Waals surface area contributed by atoms with E-state index in [1.807, 2.05) is 0 Å². The first-order chi connectivity index (χ1) is 16.4. The molecule has 0 radical (unpaired) electrons. The molecule has 7 nitrogen and oxygen atoms in total. The Morgan fingerprint density at radius 3 is 2.40 bits per heavy atom.